The van der Waals surface area contributed by atoms with E-state index in [1.807, 2.05) is 0 Å². The number of hydrogen-bond donors (Lipinski definition) is 0. The van der Waals surface area contributed by atoms with E-state index in [0.29, 0.717) is 13.0 Å². The molecule has 0 unspecified atom stereocenters. The van der Waals surface area contributed by atoms with Crippen molar-refractivity contribution >= 4 is 5.97 Å². The molecule has 0 aliphatic rings. The van der Waals surface area contributed by atoms with Gasteiger partial charge in [0.15, 0.2) is 6.29 Å². The van der Waals surface area contributed by atoms with Crippen molar-refractivity contribution in [1.29, 1.82) is 0 Å². The molecule has 0 aliphatic carbocycles. The molecule has 0 spiro atoms. The van der Waals surface area contributed by atoms with Gasteiger partial charge in [-0.3, -0.25) is 4.79 Å². The summed E-state index contributed by atoms with van der Waals surface area (Å²) < 4.78 is 16.6. The molecule has 0 saturated heterocycles. The highest BCUT2D eigenvalue weighted by Crippen LogP contribution is 2.10. The highest BCUT2D eigenvalue weighted by Gasteiger charge is 2.11. The molecule has 0 amide bonds. The molecule has 0 bridgehead atoms. The minimum Gasteiger partial charge on any atom is -0.466 e. The third-order valence-corrected chi connectivity index (χ3v) is 3.18. The number of hydrogen-bond acceptors (Lipinski definition) is 4. The van der Waals surface area contributed by atoms with Crippen molar-refractivity contribution in [2.45, 2.75) is 84.8 Å². The van der Waals surface area contributed by atoms with Gasteiger partial charge in [-0.25, -0.2) is 0 Å². The number of carbonyl (C=O) groups is 1. The average Bonchev–Trinajstić information content (AvgIpc) is 2.47. The number of esters is 1. The van der Waals surface area contributed by atoms with Crippen molar-refractivity contribution in [2.75, 3.05) is 19.8 Å². The second-order valence-corrected chi connectivity index (χ2v) is 5.34. The Morgan fingerprint density at radius 3 is 1.86 bits per heavy atom. The topological polar surface area (TPSA) is 44.8 Å². The summed E-state index contributed by atoms with van der Waals surface area (Å²) in [6.07, 6.45) is 8.11. The molecule has 4 heteroatoms. The first kappa shape index (κ1) is 20.4. The Labute approximate surface area is 130 Å². The van der Waals surface area contributed by atoms with Crippen LogP contribution in [0.2, 0.25) is 0 Å². The molecule has 0 saturated carbocycles. The van der Waals surface area contributed by atoms with Crippen LogP contribution < -0.4 is 0 Å². The second kappa shape index (κ2) is 15.8. The lowest BCUT2D eigenvalue weighted by atomic mass is 10.2. The molecule has 126 valence electrons. The molecule has 0 aliphatic heterocycles. The van der Waals surface area contributed by atoms with E-state index in [9.17, 15) is 4.79 Å². The molecule has 0 N–H and O–H groups in total. The van der Waals surface area contributed by atoms with Crippen molar-refractivity contribution in [3.8, 4) is 0 Å². The van der Waals surface area contributed by atoms with Crippen LogP contribution in [0.4, 0.5) is 0 Å². The Balaban J connectivity index is 3.78. The summed E-state index contributed by atoms with van der Waals surface area (Å²) in [6, 6.07) is 0. The molecule has 0 heterocycles. The molecule has 0 atom stereocenters. The first-order valence-corrected chi connectivity index (χ1v) is 8.63. The van der Waals surface area contributed by atoms with Crippen LogP contribution in [0.3, 0.4) is 0 Å². The fourth-order valence-electron chi connectivity index (χ4n) is 1.75. The fraction of sp³-hybridized carbons (Fsp3) is 0.941. The van der Waals surface area contributed by atoms with Crippen molar-refractivity contribution in [3.05, 3.63) is 0 Å². The van der Waals surface area contributed by atoms with E-state index < -0.39 is 0 Å². The molecule has 4 nitrogen and oxygen atoms in total. The number of ether oxygens (including phenoxy) is 3. The van der Waals surface area contributed by atoms with Crippen LogP contribution in [0.5, 0.6) is 0 Å². The predicted octanol–water partition coefficient (Wildman–Crippen LogP) is 4.46. The van der Waals surface area contributed by atoms with E-state index in [2.05, 4.69) is 20.8 Å². The molecule has 0 fully saturated rings. The lowest BCUT2D eigenvalue weighted by Gasteiger charge is -2.18. The highest BCUT2D eigenvalue weighted by atomic mass is 16.7. The van der Waals surface area contributed by atoms with Crippen LogP contribution in [0.25, 0.3) is 0 Å². The van der Waals surface area contributed by atoms with Gasteiger partial charge >= 0.3 is 5.97 Å². The second-order valence-electron chi connectivity index (χ2n) is 5.34. The molecule has 0 radical (unpaired) electrons. The molecule has 0 aromatic carbocycles. The average molecular weight is 302 g/mol. The van der Waals surface area contributed by atoms with Crippen LogP contribution in [-0.4, -0.2) is 32.1 Å². The standard InChI is InChI=1S/C17H34O4/c1-4-7-13-19-16(18)11-10-12-17(20-14-8-5-2)21-15-9-6-3/h17H,4-15H2,1-3H3. The zero-order valence-electron chi connectivity index (χ0n) is 14.2. The van der Waals surface area contributed by atoms with Gasteiger partial charge in [-0.15, -0.1) is 0 Å². The summed E-state index contributed by atoms with van der Waals surface area (Å²) in [6.45, 7) is 8.37. The van der Waals surface area contributed by atoms with Gasteiger partial charge in [0.05, 0.1) is 6.61 Å². The monoisotopic (exact) mass is 302 g/mol. The number of unbranched alkanes of at least 4 members (excludes halogenated alkanes) is 3. The van der Waals surface area contributed by atoms with Crippen LogP contribution in [-0.2, 0) is 19.0 Å². The summed E-state index contributed by atoms with van der Waals surface area (Å²) in [5.41, 5.74) is 0. The van der Waals surface area contributed by atoms with E-state index >= 15 is 0 Å². The molecule has 21 heavy (non-hydrogen) atoms. The van der Waals surface area contributed by atoms with E-state index in [1.165, 1.54) is 0 Å². The minimum atomic E-state index is -0.174. The third kappa shape index (κ3) is 14.1. The lowest BCUT2D eigenvalue weighted by molar-refractivity contribution is -0.151. The van der Waals surface area contributed by atoms with Crippen molar-refractivity contribution in [3.63, 3.8) is 0 Å². The van der Waals surface area contributed by atoms with E-state index in [-0.39, 0.29) is 12.3 Å². The molecule has 0 aromatic rings. The third-order valence-electron chi connectivity index (χ3n) is 3.18. The van der Waals surface area contributed by atoms with E-state index in [4.69, 9.17) is 14.2 Å². The predicted molar refractivity (Wildman–Crippen MR) is 85.2 cm³/mol. The lowest BCUT2D eigenvalue weighted by Crippen LogP contribution is -2.19. The van der Waals surface area contributed by atoms with Crippen LogP contribution in [0, 0.1) is 0 Å². The molecule has 0 rings (SSSR count). The Hall–Kier alpha value is -0.610. The highest BCUT2D eigenvalue weighted by molar-refractivity contribution is 5.69. The molecule has 0 aromatic heterocycles. The Kier molecular flexibility index (Phi) is 15.3. The number of carbonyl (C=O) groups excluding carboxylic acids is 1. The van der Waals surface area contributed by atoms with Gasteiger partial charge < -0.3 is 14.2 Å². The Bertz CT molecular complexity index is 221. The molecular weight excluding hydrogens is 268 g/mol. The smallest absolute Gasteiger partial charge is 0.305 e. The molecular formula is C17H34O4. The van der Waals surface area contributed by atoms with Gasteiger partial charge in [-0.2, -0.15) is 0 Å². The maximum absolute atomic E-state index is 11.5. The maximum atomic E-state index is 11.5. The summed E-state index contributed by atoms with van der Waals surface area (Å²) in [5, 5.41) is 0. The van der Waals surface area contributed by atoms with Gasteiger partial charge in [-0.05, 0) is 32.1 Å². The Morgan fingerprint density at radius 2 is 1.33 bits per heavy atom. The largest absolute Gasteiger partial charge is 0.466 e. The maximum Gasteiger partial charge on any atom is 0.305 e. The normalized spacial score (nSPS) is 11.0. The summed E-state index contributed by atoms with van der Waals surface area (Å²) in [4.78, 5) is 11.5. The van der Waals surface area contributed by atoms with E-state index in [0.717, 1.165) is 64.6 Å². The van der Waals surface area contributed by atoms with Gasteiger partial charge in [0.1, 0.15) is 0 Å². The SMILES string of the molecule is CCCCOC(=O)CCCC(OCCCC)OCCCC. The van der Waals surface area contributed by atoms with Crippen molar-refractivity contribution < 1.29 is 19.0 Å². The Morgan fingerprint density at radius 1 is 0.810 bits per heavy atom. The summed E-state index contributed by atoms with van der Waals surface area (Å²) >= 11 is 0. The zero-order chi connectivity index (χ0) is 15.8. The zero-order valence-corrected chi connectivity index (χ0v) is 14.2. The first-order valence-electron chi connectivity index (χ1n) is 8.63. The minimum absolute atomic E-state index is 0.107. The summed E-state index contributed by atoms with van der Waals surface area (Å²) in [7, 11) is 0. The summed E-state index contributed by atoms with van der Waals surface area (Å²) in [5.74, 6) is -0.107. The fourth-order valence-corrected chi connectivity index (χ4v) is 1.75. The van der Waals surface area contributed by atoms with E-state index in [1.54, 1.807) is 0 Å². The van der Waals surface area contributed by atoms with Gasteiger partial charge in [0, 0.05) is 19.6 Å². The van der Waals surface area contributed by atoms with Crippen LogP contribution in [0.15, 0.2) is 0 Å². The van der Waals surface area contributed by atoms with Crippen molar-refractivity contribution in [1.82, 2.24) is 0 Å². The van der Waals surface area contributed by atoms with Crippen molar-refractivity contribution in [2.24, 2.45) is 0 Å². The van der Waals surface area contributed by atoms with Gasteiger partial charge in [-0.1, -0.05) is 40.0 Å². The quantitative estimate of drug-likeness (QED) is 0.254. The van der Waals surface area contributed by atoms with Crippen LogP contribution >= 0.6 is 0 Å². The first-order chi connectivity index (χ1) is 10.2. The van der Waals surface area contributed by atoms with Gasteiger partial charge in [0.2, 0.25) is 0 Å². The number of rotatable bonds is 15. The van der Waals surface area contributed by atoms with Crippen LogP contribution in [0.1, 0.15) is 78.6 Å². The van der Waals surface area contributed by atoms with Gasteiger partial charge in [0.25, 0.3) is 0 Å².